The highest BCUT2D eigenvalue weighted by molar-refractivity contribution is 5.93. The Morgan fingerprint density at radius 2 is 1.90 bits per heavy atom. The Morgan fingerprint density at radius 1 is 1.10 bits per heavy atom. The molecule has 0 saturated carbocycles. The number of rotatable bonds is 9. The van der Waals surface area contributed by atoms with E-state index in [0.29, 0.717) is 42.7 Å². The van der Waals surface area contributed by atoms with Gasteiger partial charge in [0.05, 0.1) is 20.3 Å². The summed E-state index contributed by atoms with van der Waals surface area (Å²) in [5.74, 6) is 1.79. The lowest BCUT2D eigenvalue weighted by molar-refractivity contribution is 0.311. The van der Waals surface area contributed by atoms with Crippen molar-refractivity contribution in [2.24, 2.45) is 4.99 Å². The Labute approximate surface area is 172 Å². The minimum absolute atomic E-state index is 0.196. The highest BCUT2D eigenvalue weighted by atomic mass is 19.1. The Balaban J connectivity index is 2.16. The van der Waals surface area contributed by atoms with Crippen LogP contribution in [0.15, 0.2) is 41.4 Å². The summed E-state index contributed by atoms with van der Waals surface area (Å²) < 4.78 is 24.9. The van der Waals surface area contributed by atoms with Crippen molar-refractivity contribution >= 4 is 11.6 Å². The monoisotopic (exact) mass is 402 g/mol. The van der Waals surface area contributed by atoms with E-state index in [1.807, 2.05) is 57.1 Å². The van der Waals surface area contributed by atoms with Gasteiger partial charge in [-0.2, -0.15) is 0 Å². The van der Waals surface area contributed by atoms with Gasteiger partial charge in [0.25, 0.3) is 0 Å². The summed E-state index contributed by atoms with van der Waals surface area (Å²) in [5.41, 5.74) is 2.44. The predicted octanol–water partition coefficient (Wildman–Crippen LogP) is 3.87. The first kappa shape index (κ1) is 22.5. The molecule has 7 heteroatoms. The summed E-state index contributed by atoms with van der Waals surface area (Å²) in [6.45, 7) is 6.21. The lowest BCUT2D eigenvalue weighted by Crippen LogP contribution is -2.30. The summed E-state index contributed by atoms with van der Waals surface area (Å²) in [6.07, 6.45) is 0. The lowest BCUT2D eigenvalue weighted by atomic mass is 10.1. The van der Waals surface area contributed by atoms with Crippen molar-refractivity contribution in [3.63, 3.8) is 0 Å². The minimum atomic E-state index is -0.196. The maximum atomic E-state index is 14.0. The molecule has 0 bridgehead atoms. The van der Waals surface area contributed by atoms with Gasteiger partial charge >= 0.3 is 0 Å². The zero-order chi connectivity index (χ0) is 21.2. The zero-order valence-electron chi connectivity index (χ0n) is 17.9. The van der Waals surface area contributed by atoms with Crippen LogP contribution in [0.3, 0.4) is 0 Å². The average molecular weight is 403 g/mol. The smallest absolute Gasteiger partial charge is 0.196 e. The number of methoxy groups -OCH3 is 1. The quantitative estimate of drug-likeness (QED) is 0.493. The van der Waals surface area contributed by atoms with Crippen molar-refractivity contribution in [3.8, 4) is 11.5 Å². The molecule has 158 valence electrons. The van der Waals surface area contributed by atoms with E-state index in [1.54, 1.807) is 13.2 Å². The van der Waals surface area contributed by atoms with Crippen LogP contribution in [0.1, 0.15) is 25.0 Å². The second-order valence-corrected chi connectivity index (χ2v) is 6.78. The summed E-state index contributed by atoms with van der Waals surface area (Å²) >= 11 is 0. The molecule has 2 aromatic carbocycles. The number of guanidine groups is 1. The van der Waals surface area contributed by atoms with Crippen LogP contribution in [0.25, 0.3) is 0 Å². The van der Waals surface area contributed by atoms with Gasteiger partial charge < -0.3 is 25.0 Å². The van der Waals surface area contributed by atoms with Gasteiger partial charge in [-0.15, -0.1) is 0 Å². The number of halogens is 1. The zero-order valence-corrected chi connectivity index (χ0v) is 17.9. The molecule has 0 aliphatic rings. The number of hydrogen-bond acceptors (Lipinski definition) is 4. The van der Waals surface area contributed by atoms with E-state index in [-0.39, 0.29) is 5.82 Å². The molecule has 0 spiro atoms. The van der Waals surface area contributed by atoms with E-state index in [0.717, 1.165) is 17.8 Å². The Morgan fingerprint density at radius 3 is 2.55 bits per heavy atom. The van der Waals surface area contributed by atoms with E-state index in [2.05, 4.69) is 15.6 Å². The lowest BCUT2D eigenvalue weighted by Gasteiger charge is -2.15. The highest BCUT2D eigenvalue weighted by Crippen LogP contribution is 2.30. The molecule has 0 radical (unpaired) electrons. The summed E-state index contributed by atoms with van der Waals surface area (Å²) in [7, 11) is 5.45. The van der Waals surface area contributed by atoms with Crippen LogP contribution in [0.5, 0.6) is 11.5 Å². The van der Waals surface area contributed by atoms with Crippen LogP contribution in [0, 0.1) is 5.82 Å². The standard InChI is InChI=1S/C22H31FN4O2/c1-6-24-22(26-18-9-11-20(29-7-2)21(13-18)28-5)25-14-16-8-10-19(23)17(12-16)15-27(3)4/h8-13H,6-7,14-15H2,1-5H3,(H2,24,25,26). The van der Waals surface area contributed by atoms with Gasteiger partial charge in [-0.1, -0.05) is 6.07 Å². The fourth-order valence-electron chi connectivity index (χ4n) is 2.82. The van der Waals surface area contributed by atoms with Crippen LogP contribution in [-0.4, -0.2) is 45.2 Å². The van der Waals surface area contributed by atoms with Crippen molar-refractivity contribution < 1.29 is 13.9 Å². The molecule has 2 N–H and O–H groups in total. The summed E-state index contributed by atoms with van der Waals surface area (Å²) in [6, 6.07) is 10.8. The van der Waals surface area contributed by atoms with Gasteiger partial charge in [0.15, 0.2) is 17.5 Å². The molecule has 29 heavy (non-hydrogen) atoms. The third kappa shape index (κ3) is 6.94. The average Bonchev–Trinajstić information content (AvgIpc) is 2.69. The van der Waals surface area contributed by atoms with E-state index in [4.69, 9.17) is 9.47 Å². The molecule has 2 aromatic rings. The van der Waals surface area contributed by atoms with Gasteiger partial charge in [-0.25, -0.2) is 9.38 Å². The van der Waals surface area contributed by atoms with E-state index in [9.17, 15) is 4.39 Å². The van der Waals surface area contributed by atoms with E-state index in [1.165, 1.54) is 6.07 Å². The molecule has 0 atom stereocenters. The van der Waals surface area contributed by atoms with Gasteiger partial charge in [0.2, 0.25) is 0 Å². The van der Waals surface area contributed by atoms with E-state index >= 15 is 0 Å². The van der Waals surface area contributed by atoms with Gasteiger partial charge in [0, 0.05) is 30.4 Å². The van der Waals surface area contributed by atoms with Crippen LogP contribution in [-0.2, 0) is 13.1 Å². The molecule has 2 rings (SSSR count). The van der Waals surface area contributed by atoms with Gasteiger partial charge in [0.1, 0.15) is 5.82 Å². The first-order valence-electron chi connectivity index (χ1n) is 9.75. The Bertz CT molecular complexity index is 824. The molecule has 0 aliphatic carbocycles. The van der Waals surface area contributed by atoms with Gasteiger partial charge in [-0.3, -0.25) is 0 Å². The Kier molecular flexibility index (Phi) is 8.73. The third-order valence-corrected chi connectivity index (χ3v) is 4.09. The number of ether oxygens (including phenoxy) is 2. The first-order valence-corrected chi connectivity index (χ1v) is 9.75. The summed E-state index contributed by atoms with van der Waals surface area (Å²) in [4.78, 5) is 6.57. The summed E-state index contributed by atoms with van der Waals surface area (Å²) in [5, 5.41) is 6.49. The van der Waals surface area contributed by atoms with Crippen LogP contribution < -0.4 is 20.1 Å². The molecule has 0 fully saturated rings. The number of nitrogens with one attached hydrogen (secondary N) is 2. The maximum Gasteiger partial charge on any atom is 0.196 e. The fourth-order valence-corrected chi connectivity index (χ4v) is 2.82. The predicted molar refractivity (Wildman–Crippen MR) is 116 cm³/mol. The molecule has 0 unspecified atom stereocenters. The van der Waals surface area contributed by atoms with Crippen molar-refractivity contribution in [2.45, 2.75) is 26.9 Å². The Hall–Kier alpha value is -2.80. The molecule has 0 saturated heterocycles. The normalized spacial score (nSPS) is 11.5. The second-order valence-electron chi connectivity index (χ2n) is 6.78. The van der Waals surface area contributed by atoms with Gasteiger partial charge in [-0.05, 0) is 57.8 Å². The SMILES string of the molecule is CCNC(=NCc1ccc(F)c(CN(C)C)c1)Nc1ccc(OCC)c(OC)c1. The number of aliphatic imine (C=N–C) groups is 1. The largest absolute Gasteiger partial charge is 0.493 e. The molecule has 0 aromatic heterocycles. The number of anilines is 1. The van der Waals surface area contributed by atoms with Crippen molar-refractivity contribution in [3.05, 3.63) is 53.3 Å². The molecular weight excluding hydrogens is 371 g/mol. The van der Waals surface area contributed by atoms with Crippen LogP contribution in [0.2, 0.25) is 0 Å². The fraction of sp³-hybridized carbons (Fsp3) is 0.409. The molecule has 0 aliphatic heterocycles. The number of hydrogen-bond donors (Lipinski definition) is 2. The van der Waals surface area contributed by atoms with Crippen LogP contribution in [0.4, 0.5) is 10.1 Å². The molecule has 0 amide bonds. The number of nitrogens with zero attached hydrogens (tertiary/aromatic N) is 2. The molecular formula is C22H31FN4O2. The number of benzene rings is 2. The second kappa shape index (κ2) is 11.3. The first-order chi connectivity index (χ1) is 14.0. The van der Waals surface area contributed by atoms with E-state index < -0.39 is 0 Å². The van der Waals surface area contributed by atoms with Crippen molar-refractivity contribution in [1.29, 1.82) is 0 Å². The molecule has 0 heterocycles. The minimum Gasteiger partial charge on any atom is -0.493 e. The van der Waals surface area contributed by atoms with Crippen LogP contribution >= 0.6 is 0 Å². The highest BCUT2D eigenvalue weighted by Gasteiger charge is 2.08. The maximum absolute atomic E-state index is 14.0. The third-order valence-electron chi connectivity index (χ3n) is 4.09. The van der Waals surface area contributed by atoms with Crippen molar-refractivity contribution in [2.75, 3.05) is 39.7 Å². The topological polar surface area (TPSA) is 58.1 Å². The van der Waals surface area contributed by atoms with Crippen molar-refractivity contribution in [1.82, 2.24) is 10.2 Å². The molecule has 6 nitrogen and oxygen atoms in total.